The number of hydrogen-bond donors (Lipinski definition) is 2. The third kappa shape index (κ3) is 3.94. The van der Waals surface area contributed by atoms with Gasteiger partial charge in [0.1, 0.15) is 0 Å². The number of benzene rings is 1. The van der Waals surface area contributed by atoms with Gasteiger partial charge in [-0.1, -0.05) is 25.7 Å². The second kappa shape index (κ2) is 6.39. The van der Waals surface area contributed by atoms with Crippen molar-refractivity contribution in [2.45, 2.75) is 37.0 Å². The lowest BCUT2D eigenvalue weighted by atomic mass is 10.0. The van der Waals surface area contributed by atoms with Gasteiger partial charge in [-0.3, -0.25) is 0 Å². The molecule has 0 atom stereocenters. The molecule has 5 heteroatoms. The zero-order valence-corrected chi connectivity index (χ0v) is 12.2. The van der Waals surface area contributed by atoms with Gasteiger partial charge in [-0.25, -0.2) is 13.1 Å². The minimum Gasteiger partial charge on any atom is -0.385 e. The predicted octanol–water partition coefficient (Wildman–Crippen LogP) is 2.59. The number of anilines is 1. The third-order valence-electron chi connectivity index (χ3n) is 3.79. The topological polar surface area (TPSA) is 58.2 Å². The van der Waals surface area contributed by atoms with Crippen LogP contribution in [-0.2, 0) is 10.0 Å². The van der Waals surface area contributed by atoms with Crippen molar-refractivity contribution < 1.29 is 8.42 Å². The summed E-state index contributed by atoms with van der Waals surface area (Å²) in [5.74, 6) is 0.872. The second-order valence-corrected chi connectivity index (χ2v) is 6.98. The Morgan fingerprint density at radius 1 is 1.16 bits per heavy atom. The van der Waals surface area contributed by atoms with E-state index in [2.05, 4.69) is 10.0 Å². The summed E-state index contributed by atoms with van der Waals surface area (Å²) in [5.41, 5.74) is 0.980. The zero-order valence-electron chi connectivity index (χ0n) is 11.4. The number of sulfonamides is 1. The first kappa shape index (κ1) is 14.3. The summed E-state index contributed by atoms with van der Waals surface area (Å²) >= 11 is 0. The Morgan fingerprint density at radius 2 is 1.79 bits per heavy atom. The van der Waals surface area contributed by atoms with Crippen molar-refractivity contribution in [2.24, 2.45) is 5.92 Å². The maximum atomic E-state index is 11.6. The molecule has 0 heterocycles. The average Bonchev–Trinajstić information content (AvgIpc) is 2.92. The molecule has 0 aromatic heterocycles. The highest BCUT2D eigenvalue weighted by molar-refractivity contribution is 7.89. The molecule has 1 aromatic carbocycles. The second-order valence-electron chi connectivity index (χ2n) is 5.10. The Bertz CT molecular complexity index is 491. The summed E-state index contributed by atoms with van der Waals surface area (Å²) < 4.78 is 25.4. The van der Waals surface area contributed by atoms with Gasteiger partial charge in [0, 0.05) is 12.2 Å². The largest absolute Gasteiger partial charge is 0.385 e. The molecule has 106 valence electrons. The van der Waals surface area contributed by atoms with Gasteiger partial charge in [0.2, 0.25) is 10.0 Å². The van der Waals surface area contributed by atoms with E-state index in [1.807, 2.05) is 12.1 Å². The van der Waals surface area contributed by atoms with Crippen LogP contribution in [0.3, 0.4) is 0 Å². The molecule has 0 bridgehead atoms. The third-order valence-corrected chi connectivity index (χ3v) is 5.22. The van der Waals surface area contributed by atoms with Gasteiger partial charge >= 0.3 is 0 Å². The van der Waals surface area contributed by atoms with Crippen molar-refractivity contribution in [3.8, 4) is 0 Å². The fourth-order valence-electron chi connectivity index (χ4n) is 2.59. The molecule has 1 saturated carbocycles. The molecule has 4 nitrogen and oxygen atoms in total. The molecule has 0 spiro atoms. The van der Waals surface area contributed by atoms with Crippen LogP contribution in [0.5, 0.6) is 0 Å². The molecule has 0 unspecified atom stereocenters. The maximum Gasteiger partial charge on any atom is 0.240 e. The van der Waals surface area contributed by atoms with Crippen LogP contribution in [0.15, 0.2) is 29.2 Å². The van der Waals surface area contributed by atoms with Crippen molar-refractivity contribution in [1.29, 1.82) is 0 Å². The van der Waals surface area contributed by atoms with Gasteiger partial charge in [0.15, 0.2) is 0 Å². The van der Waals surface area contributed by atoms with Crippen LogP contribution in [0.25, 0.3) is 0 Å². The molecule has 0 amide bonds. The highest BCUT2D eigenvalue weighted by atomic mass is 32.2. The van der Waals surface area contributed by atoms with Gasteiger partial charge in [-0.15, -0.1) is 0 Å². The van der Waals surface area contributed by atoms with Gasteiger partial charge < -0.3 is 5.32 Å². The molecular formula is C14H22N2O2S. The summed E-state index contributed by atoms with van der Waals surface area (Å²) in [6, 6.07) is 6.89. The fraction of sp³-hybridized carbons (Fsp3) is 0.571. The molecule has 19 heavy (non-hydrogen) atoms. The van der Waals surface area contributed by atoms with E-state index in [9.17, 15) is 8.42 Å². The molecule has 1 aliphatic carbocycles. The van der Waals surface area contributed by atoms with Crippen molar-refractivity contribution in [3.63, 3.8) is 0 Å². The first-order valence-corrected chi connectivity index (χ1v) is 8.37. The van der Waals surface area contributed by atoms with E-state index in [1.54, 1.807) is 12.1 Å². The van der Waals surface area contributed by atoms with Crippen molar-refractivity contribution in [1.82, 2.24) is 4.72 Å². The minimum absolute atomic E-state index is 0.302. The Morgan fingerprint density at radius 3 is 2.37 bits per heavy atom. The van der Waals surface area contributed by atoms with Crippen LogP contribution in [0.1, 0.15) is 32.1 Å². The minimum atomic E-state index is -3.33. The normalized spacial score (nSPS) is 16.7. The van der Waals surface area contributed by atoms with E-state index in [4.69, 9.17) is 0 Å². The van der Waals surface area contributed by atoms with E-state index in [0.29, 0.717) is 4.90 Å². The zero-order chi connectivity index (χ0) is 13.7. The van der Waals surface area contributed by atoms with E-state index in [-0.39, 0.29) is 0 Å². The highest BCUT2D eigenvalue weighted by Gasteiger charge is 2.14. The monoisotopic (exact) mass is 282 g/mol. The van der Waals surface area contributed by atoms with Crippen LogP contribution >= 0.6 is 0 Å². The van der Waals surface area contributed by atoms with Gasteiger partial charge in [0.25, 0.3) is 0 Å². The maximum absolute atomic E-state index is 11.6. The molecule has 2 N–H and O–H groups in total. The highest BCUT2D eigenvalue weighted by Crippen LogP contribution is 2.27. The van der Waals surface area contributed by atoms with Crippen LogP contribution in [-0.4, -0.2) is 22.0 Å². The van der Waals surface area contributed by atoms with Crippen LogP contribution in [0.2, 0.25) is 0 Å². The summed E-state index contributed by atoms with van der Waals surface area (Å²) in [7, 11) is -1.91. The summed E-state index contributed by atoms with van der Waals surface area (Å²) in [6.07, 6.45) is 6.68. The smallest absolute Gasteiger partial charge is 0.240 e. The molecule has 1 aromatic rings. The first-order valence-electron chi connectivity index (χ1n) is 6.89. The van der Waals surface area contributed by atoms with Crippen molar-refractivity contribution in [3.05, 3.63) is 24.3 Å². The van der Waals surface area contributed by atoms with E-state index < -0.39 is 10.0 Å². The average molecular weight is 282 g/mol. The number of hydrogen-bond acceptors (Lipinski definition) is 3. The quantitative estimate of drug-likeness (QED) is 0.843. The summed E-state index contributed by atoms with van der Waals surface area (Å²) in [5, 5.41) is 3.35. The molecule has 0 saturated heterocycles. The van der Waals surface area contributed by atoms with E-state index >= 15 is 0 Å². The van der Waals surface area contributed by atoms with Crippen LogP contribution in [0.4, 0.5) is 5.69 Å². The van der Waals surface area contributed by atoms with Gasteiger partial charge in [0.05, 0.1) is 4.90 Å². The molecular weight excluding hydrogens is 260 g/mol. The first-order chi connectivity index (χ1) is 9.12. The van der Waals surface area contributed by atoms with Crippen LogP contribution < -0.4 is 10.0 Å². The van der Waals surface area contributed by atoms with Crippen molar-refractivity contribution in [2.75, 3.05) is 18.9 Å². The lowest BCUT2D eigenvalue weighted by molar-refractivity contribution is 0.518. The molecule has 0 aliphatic heterocycles. The summed E-state index contributed by atoms with van der Waals surface area (Å²) in [4.78, 5) is 0.302. The van der Waals surface area contributed by atoms with E-state index in [1.165, 1.54) is 39.2 Å². The lowest BCUT2D eigenvalue weighted by Crippen LogP contribution is -2.18. The van der Waals surface area contributed by atoms with E-state index in [0.717, 1.165) is 18.2 Å². The molecule has 1 fully saturated rings. The predicted molar refractivity (Wildman–Crippen MR) is 77.8 cm³/mol. The standard InChI is InChI=1S/C14H22N2O2S/c1-15-19(17,18)14-8-6-13(7-9-14)16-11-10-12-4-2-3-5-12/h6-9,12,15-16H,2-5,10-11H2,1H3. The van der Waals surface area contributed by atoms with Crippen molar-refractivity contribution >= 4 is 15.7 Å². The summed E-state index contributed by atoms with van der Waals surface area (Å²) in [6.45, 7) is 0.961. The van der Waals surface area contributed by atoms with Gasteiger partial charge in [-0.2, -0.15) is 0 Å². The Hall–Kier alpha value is -1.07. The Balaban J connectivity index is 1.85. The van der Waals surface area contributed by atoms with Crippen LogP contribution in [0, 0.1) is 5.92 Å². The lowest BCUT2D eigenvalue weighted by Gasteiger charge is -2.11. The molecule has 2 rings (SSSR count). The van der Waals surface area contributed by atoms with Gasteiger partial charge in [-0.05, 0) is 43.7 Å². The Kier molecular flexibility index (Phi) is 4.82. The SMILES string of the molecule is CNS(=O)(=O)c1ccc(NCCC2CCCC2)cc1. The fourth-order valence-corrected chi connectivity index (χ4v) is 3.32. The number of rotatable bonds is 6. The molecule has 1 aliphatic rings. The number of nitrogens with one attached hydrogen (secondary N) is 2. The Labute approximate surface area is 115 Å². The molecule has 0 radical (unpaired) electrons.